The largest absolute Gasteiger partial charge is 0.343 e. The second kappa shape index (κ2) is 3.56. The minimum absolute atomic E-state index is 0.160. The molecule has 57 valence electrons. The Morgan fingerprint density at radius 3 is 2.50 bits per heavy atom. The van der Waals surface area contributed by atoms with Crippen molar-refractivity contribution in [3.63, 3.8) is 0 Å². The monoisotopic (exact) mass is 141 g/mol. The molecular weight excluding hydrogens is 128 g/mol. The van der Waals surface area contributed by atoms with Crippen molar-refractivity contribution >= 4 is 5.91 Å². The molecule has 0 atom stereocenters. The van der Waals surface area contributed by atoms with Gasteiger partial charge >= 0.3 is 0 Å². The van der Waals surface area contributed by atoms with E-state index in [1.165, 1.54) is 0 Å². The van der Waals surface area contributed by atoms with E-state index in [2.05, 4.69) is 0 Å². The molecule has 3 nitrogen and oxygen atoms in total. The van der Waals surface area contributed by atoms with Gasteiger partial charge in [0, 0.05) is 26.1 Å². The van der Waals surface area contributed by atoms with Crippen LogP contribution < -0.4 is 5.73 Å². The van der Waals surface area contributed by atoms with E-state index in [0.29, 0.717) is 6.42 Å². The minimum atomic E-state index is 0.160. The van der Waals surface area contributed by atoms with Gasteiger partial charge in [0.25, 0.3) is 0 Å². The zero-order chi connectivity index (χ0) is 7.40. The maximum absolute atomic E-state index is 11.1. The third-order valence-electron chi connectivity index (χ3n) is 1.80. The van der Waals surface area contributed by atoms with Crippen molar-refractivity contribution in [2.45, 2.75) is 19.3 Å². The van der Waals surface area contributed by atoms with Crippen LogP contribution in [-0.4, -0.2) is 30.4 Å². The van der Waals surface area contributed by atoms with Gasteiger partial charge in [-0.2, -0.15) is 0 Å². The Labute approximate surface area is 61.2 Å². The van der Waals surface area contributed by atoms with Crippen molar-refractivity contribution in [1.82, 2.24) is 10.6 Å². The summed E-state index contributed by atoms with van der Waals surface area (Å²) in [5.41, 5.74) is 6.85. The van der Waals surface area contributed by atoms with Crippen LogP contribution in [0.5, 0.6) is 0 Å². The average Bonchev–Trinajstić information content (AvgIpc) is 2.38. The zero-order valence-corrected chi connectivity index (χ0v) is 6.10. The van der Waals surface area contributed by atoms with Crippen molar-refractivity contribution < 1.29 is 4.79 Å². The van der Waals surface area contributed by atoms with E-state index in [9.17, 15) is 4.79 Å². The summed E-state index contributed by atoms with van der Waals surface area (Å²) in [6.07, 6.45) is 2.69. The third-order valence-corrected chi connectivity index (χ3v) is 1.80. The Morgan fingerprint density at radius 1 is 1.40 bits per heavy atom. The Hall–Kier alpha value is -0.570. The lowest BCUT2D eigenvalue weighted by molar-refractivity contribution is -0.129. The van der Waals surface area contributed by atoms with E-state index < -0.39 is 0 Å². The second-order valence-electron chi connectivity index (χ2n) is 2.59. The summed E-state index contributed by atoms with van der Waals surface area (Å²) in [5.74, 6) is 0.160. The van der Waals surface area contributed by atoms with Crippen LogP contribution >= 0.6 is 0 Å². The number of amides is 1. The maximum atomic E-state index is 11.1. The highest BCUT2D eigenvalue weighted by Gasteiger charge is 2.16. The fraction of sp³-hybridized carbons (Fsp3) is 0.857. The number of carbonyl (C=O) groups is 1. The van der Waals surface area contributed by atoms with Crippen LogP contribution in [0.25, 0.3) is 0 Å². The van der Waals surface area contributed by atoms with Crippen molar-refractivity contribution in [3.05, 3.63) is 0 Å². The molecule has 1 rings (SSSR count). The van der Waals surface area contributed by atoms with Crippen molar-refractivity contribution in [2.24, 2.45) is 0 Å². The van der Waals surface area contributed by atoms with Crippen LogP contribution in [0.2, 0.25) is 0 Å². The van der Waals surface area contributed by atoms with Crippen LogP contribution in [0.15, 0.2) is 0 Å². The maximum Gasteiger partial charge on any atom is 0.223 e. The predicted molar refractivity (Wildman–Crippen MR) is 38.4 cm³/mol. The van der Waals surface area contributed by atoms with E-state index in [4.69, 9.17) is 5.73 Å². The normalized spacial score (nSPS) is 17.9. The van der Waals surface area contributed by atoms with Crippen LogP contribution in [-0.2, 0) is 4.79 Å². The quantitative estimate of drug-likeness (QED) is 0.544. The Morgan fingerprint density at radius 2 is 2.00 bits per heavy atom. The molecule has 1 amide bonds. The topological polar surface area (TPSA) is 44.1 Å². The van der Waals surface area contributed by atoms with E-state index in [0.717, 1.165) is 25.9 Å². The number of nitrogens with one attached hydrogen (secondary N) is 1. The summed E-state index contributed by atoms with van der Waals surface area (Å²) >= 11 is 0. The molecule has 1 N–H and O–H groups in total. The summed E-state index contributed by atoms with van der Waals surface area (Å²) in [6.45, 7) is 2.06. The molecule has 0 unspecified atom stereocenters. The molecule has 1 aliphatic heterocycles. The first-order chi connectivity index (χ1) is 4.84. The summed E-state index contributed by atoms with van der Waals surface area (Å²) in [7, 11) is 0. The fourth-order valence-electron chi connectivity index (χ4n) is 1.23. The Balaban J connectivity index is 2.25. The summed E-state index contributed by atoms with van der Waals surface area (Å²) < 4.78 is 0. The number of carbonyl (C=O) groups excluding carboxylic acids is 1. The molecule has 1 heterocycles. The first-order valence-electron chi connectivity index (χ1n) is 3.77. The molecule has 0 aliphatic carbocycles. The molecule has 0 saturated carbocycles. The zero-order valence-electron chi connectivity index (χ0n) is 6.10. The molecule has 0 aromatic heterocycles. The second-order valence-corrected chi connectivity index (χ2v) is 2.59. The molecular formula is C7H13N2O. The van der Waals surface area contributed by atoms with Gasteiger partial charge in [-0.3, -0.25) is 10.5 Å². The molecule has 1 fully saturated rings. The van der Waals surface area contributed by atoms with Gasteiger partial charge in [-0.05, 0) is 12.8 Å². The Kier molecular flexibility index (Phi) is 2.68. The predicted octanol–water partition coefficient (Wildman–Crippen LogP) is 0.282. The number of hydrogen-bond acceptors (Lipinski definition) is 1. The van der Waals surface area contributed by atoms with Crippen LogP contribution in [0.4, 0.5) is 0 Å². The van der Waals surface area contributed by atoms with Gasteiger partial charge in [0.05, 0.1) is 0 Å². The van der Waals surface area contributed by atoms with E-state index in [1.807, 2.05) is 4.90 Å². The number of rotatable bonds is 2. The van der Waals surface area contributed by atoms with Gasteiger partial charge in [0.1, 0.15) is 0 Å². The number of likely N-dealkylation sites (tertiary alicyclic amines) is 1. The lowest BCUT2D eigenvalue weighted by Gasteiger charge is -2.13. The Bertz CT molecular complexity index is 119. The van der Waals surface area contributed by atoms with Crippen molar-refractivity contribution in [1.29, 1.82) is 0 Å². The minimum Gasteiger partial charge on any atom is -0.343 e. The highest BCUT2D eigenvalue weighted by Crippen LogP contribution is 2.07. The van der Waals surface area contributed by atoms with Crippen LogP contribution in [0.3, 0.4) is 0 Å². The van der Waals surface area contributed by atoms with Crippen molar-refractivity contribution in [2.75, 3.05) is 19.6 Å². The molecule has 0 bridgehead atoms. The van der Waals surface area contributed by atoms with Crippen molar-refractivity contribution in [3.8, 4) is 0 Å². The lowest BCUT2D eigenvalue weighted by atomic mass is 10.4. The molecule has 0 spiro atoms. The summed E-state index contributed by atoms with van der Waals surface area (Å²) in [5, 5.41) is 0. The molecule has 10 heavy (non-hydrogen) atoms. The van der Waals surface area contributed by atoms with Gasteiger partial charge in [0.2, 0.25) is 5.91 Å². The number of nitrogens with zero attached hydrogens (tertiary/aromatic N) is 1. The first kappa shape index (κ1) is 7.54. The van der Waals surface area contributed by atoms with Gasteiger partial charge in [-0.1, -0.05) is 0 Å². The molecule has 0 aromatic carbocycles. The molecule has 1 aliphatic rings. The van der Waals surface area contributed by atoms with E-state index in [1.54, 1.807) is 0 Å². The SMILES string of the molecule is [NH]CCC(=O)N1CCCC1. The molecule has 3 heteroatoms. The van der Waals surface area contributed by atoms with E-state index >= 15 is 0 Å². The van der Waals surface area contributed by atoms with Gasteiger partial charge in [-0.15, -0.1) is 0 Å². The summed E-state index contributed by atoms with van der Waals surface area (Å²) in [4.78, 5) is 12.9. The fourth-order valence-corrected chi connectivity index (χ4v) is 1.23. The summed E-state index contributed by atoms with van der Waals surface area (Å²) in [6, 6.07) is 0. The van der Waals surface area contributed by atoms with E-state index in [-0.39, 0.29) is 12.5 Å². The average molecular weight is 141 g/mol. The highest BCUT2D eigenvalue weighted by molar-refractivity contribution is 5.76. The van der Waals surface area contributed by atoms with Crippen LogP contribution in [0, 0.1) is 0 Å². The van der Waals surface area contributed by atoms with Gasteiger partial charge in [0.15, 0.2) is 0 Å². The lowest BCUT2D eigenvalue weighted by Crippen LogP contribution is -2.28. The molecule has 1 radical (unpaired) electrons. The van der Waals surface area contributed by atoms with Gasteiger partial charge < -0.3 is 4.90 Å². The third kappa shape index (κ3) is 1.70. The number of hydrogen-bond donors (Lipinski definition) is 0. The smallest absolute Gasteiger partial charge is 0.223 e. The molecule has 1 saturated heterocycles. The standard InChI is InChI=1S/C7H13N2O/c8-4-3-7(10)9-5-1-2-6-9/h8H,1-6H2. The van der Waals surface area contributed by atoms with Crippen LogP contribution in [0.1, 0.15) is 19.3 Å². The van der Waals surface area contributed by atoms with Gasteiger partial charge in [-0.25, -0.2) is 0 Å². The first-order valence-corrected chi connectivity index (χ1v) is 3.77. The highest BCUT2D eigenvalue weighted by atomic mass is 16.2. The molecule has 0 aromatic rings.